The average Bonchev–Trinajstić information content (AvgIpc) is 3.07. The van der Waals surface area contributed by atoms with E-state index in [0.717, 1.165) is 52.3 Å². The van der Waals surface area contributed by atoms with Gasteiger partial charge in [0.25, 0.3) is 0 Å². The van der Waals surface area contributed by atoms with Crippen LogP contribution in [-0.2, 0) is 11.3 Å². The monoisotopic (exact) mass is 409 g/mol. The third-order valence-corrected chi connectivity index (χ3v) is 6.74. The Labute approximate surface area is 173 Å². The fourth-order valence-corrected chi connectivity index (χ4v) is 5.09. The van der Waals surface area contributed by atoms with E-state index in [2.05, 4.69) is 5.32 Å². The van der Waals surface area contributed by atoms with Crippen molar-refractivity contribution < 1.29 is 14.6 Å². The molecule has 1 aromatic heterocycles. The number of piperidine rings is 1. The molecule has 2 aliphatic rings. The average molecular weight is 410 g/mol. The van der Waals surface area contributed by atoms with Gasteiger partial charge in [-0.1, -0.05) is 12.1 Å². The highest BCUT2D eigenvalue weighted by Gasteiger charge is 2.29. The summed E-state index contributed by atoms with van der Waals surface area (Å²) in [6, 6.07) is 11.7. The molecule has 7 heteroatoms. The van der Waals surface area contributed by atoms with E-state index in [4.69, 9.17) is 9.72 Å². The Kier molecular flexibility index (Phi) is 4.85. The van der Waals surface area contributed by atoms with Crippen molar-refractivity contribution in [1.82, 2.24) is 15.2 Å². The fraction of sp³-hybridized carbons (Fsp3) is 0.364. The standard InChI is InChI=1S/C22H23N3O3S/c26-18-12-15(21-24-17-3-1-2-4-19(17)29-21)11-16-13-25(9-10-28-20(16)18)22(27)14-5-7-23-8-6-14/h1-4,11-12,14,23,26H,5-10,13H2. The summed E-state index contributed by atoms with van der Waals surface area (Å²) >= 11 is 1.59. The van der Waals surface area contributed by atoms with E-state index < -0.39 is 0 Å². The molecule has 2 aliphatic heterocycles. The van der Waals surface area contributed by atoms with Gasteiger partial charge in [0.15, 0.2) is 11.5 Å². The van der Waals surface area contributed by atoms with E-state index in [9.17, 15) is 9.90 Å². The first-order chi connectivity index (χ1) is 14.2. The predicted molar refractivity (Wildman–Crippen MR) is 113 cm³/mol. The van der Waals surface area contributed by atoms with Crippen molar-refractivity contribution in [2.45, 2.75) is 19.4 Å². The summed E-state index contributed by atoms with van der Waals surface area (Å²) < 4.78 is 6.93. The van der Waals surface area contributed by atoms with E-state index in [1.807, 2.05) is 35.2 Å². The smallest absolute Gasteiger partial charge is 0.226 e. The van der Waals surface area contributed by atoms with Crippen LogP contribution in [-0.4, -0.2) is 47.1 Å². The quantitative estimate of drug-likeness (QED) is 0.679. The first-order valence-corrected chi connectivity index (χ1v) is 10.8. The van der Waals surface area contributed by atoms with Gasteiger partial charge in [-0.05, 0) is 50.2 Å². The van der Waals surface area contributed by atoms with Gasteiger partial charge in [-0.3, -0.25) is 4.79 Å². The molecule has 0 bridgehead atoms. The highest BCUT2D eigenvalue weighted by Crippen LogP contribution is 2.39. The van der Waals surface area contributed by atoms with Crippen LogP contribution in [0.15, 0.2) is 36.4 Å². The highest BCUT2D eigenvalue weighted by atomic mass is 32.1. The Hall–Kier alpha value is -2.64. The van der Waals surface area contributed by atoms with Gasteiger partial charge in [-0.2, -0.15) is 0 Å². The number of hydrogen-bond donors (Lipinski definition) is 2. The molecular formula is C22H23N3O3S. The number of thiazole rings is 1. The predicted octanol–water partition coefficient (Wildman–Crippen LogP) is 3.39. The second kappa shape index (κ2) is 7.65. The molecule has 2 N–H and O–H groups in total. The molecule has 29 heavy (non-hydrogen) atoms. The fourth-order valence-electron chi connectivity index (χ4n) is 4.13. The molecule has 1 amide bonds. The van der Waals surface area contributed by atoms with Crippen LogP contribution < -0.4 is 10.1 Å². The van der Waals surface area contributed by atoms with Crippen molar-refractivity contribution in [2.75, 3.05) is 26.2 Å². The normalized spacial score (nSPS) is 17.6. The lowest BCUT2D eigenvalue weighted by molar-refractivity contribution is -0.137. The lowest BCUT2D eigenvalue weighted by atomic mass is 9.96. The molecule has 2 aromatic carbocycles. The van der Waals surface area contributed by atoms with Crippen LogP contribution >= 0.6 is 11.3 Å². The minimum Gasteiger partial charge on any atom is -0.504 e. The summed E-state index contributed by atoms with van der Waals surface area (Å²) in [5, 5.41) is 14.8. The number of nitrogens with one attached hydrogen (secondary N) is 1. The lowest BCUT2D eigenvalue weighted by Crippen LogP contribution is -2.41. The van der Waals surface area contributed by atoms with Crippen LogP contribution in [0.3, 0.4) is 0 Å². The van der Waals surface area contributed by atoms with Crippen molar-refractivity contribution >= 4 is 27.5 Å². The van der Waals surface area contributed by atoms with Gasteiger partial charge in [0.05, 0.1) is 16.8 Å². The largest absolute Gasteiger partial charge is 0.504 e. The molecule has 6 nitrogen and oxygen atoms in total. The molecule has 1 fully saturated rings. The molecule has 0 atom stereocenters. The Balaban J connectivity index is 1.47. The second-order valence-electron chi connectivity index (χ2n) is 7.60. The van der Waals surface area contributed by atoms with Gasteiger partial charge in [-0.15, -0.1) is 11.3 Å². The van der Waals surface area contributed by atoms with Crippen molar-refractivity contribution in [3.05, 3.63) is 42.0 Å². The van der Waals surface area contributed by atoms with Gasteiger partial charge >= 0.3 is 0 Å². The van der Waals surface area contributed by atoms with Gasteiger partial charge in [0.1, 0.15) is 11.6 Å². The second-order valence-corrected chi connectivity index (χ2v) is 8.63. The number of para-hydroxylation sites is 1. The van der Waals surface area contributed by atoms with Crippen LogP contribution in [0.5, 0.6) is 11.5 Å². The Morgan fingerprint density at radius 1 is 1.24 bits per heavy atom. The van der Waals surface area contributed by atoms with Gasteiger partial charge in [-0.25, -0.2) is 4.98 Å². The van der Waals surface area contributed by atoms with Gasteiger partial charge < -0.3 is 20.1 Å². The third-order valence-electron chi connectivity index (χ3n) is 5.66. The topological polar surface area (TPSA) is 74.7 Å². The van der Waals surface area contributed by atoms with Crippen molar-refractivity contribution in [3.63, 3.8) is 0 Å². The van der Waals surface area contributed by atoms with Crippen molar-refractivity contribution in [1.29, 1.82) is 0 Å². The summed E-state index contributed by atoms with van der Waals surface area (Å²) in [6.07, 6.45) is 1.75. The van der Waals surface area contributed by atoms with E-state index in [1.165, 1.54) is 0 Å². The van der Waals surface area contributed by atoms with Gasteiger partial charge in [0.2, 0.25) is 5.91 Å². The summed E-state index contributed by atoms with van der Waals surface area (Å²) in [5.74, 6) is 0.843. The van der Waals surface area contributed by atoms with Crippen LogP contribution in [0.2, 0.25) is 0 Å². The highest BCUT2D eigenvalue weighted by molar-refractivity contribution is 7.21. The molecule has 150 valence electrons. The summed E-state index contributed by atoms with van der Waals surface area (Å²) in [6.45, 7) is 3.15. The zero-order valence-corrected chi connectivity index (χ0v) is 16.9. The molecule has 5 rings (SSSR count). The molecule has 1 saturated heterocycles. The number of aromatic hydroxyl groups is 1. The molecule has 0 saturated carbocycles. The first-order valence-electron chi connectivity index (χ1n) is 10.0. The molecule has 3 aromatic rings. The molecule has 0 radical (unpaired) electrons. The van der Waals surface area contributed by atoms with Crippen molar-refractivity contribution in [3.8, 4) is 22.1 Å². The number of phenols is 1. The molecule has 0 aliphatic carbocycles. The number of amides is 1. The maximum atomic E-state index is 13.0. The van der Waals surface area contributed by atoms with E-state index in [0.29, 0.717) is 25.4 Å². The minimum atomic E-state index is 0.0684. The maximum Gasteiger partial charge on any atom is 0.226 e. The number of carbonyl (C=O) groups is 1. The van der Waals surface area contributed by atoms with Crippen LogP contribution in [0.4, 0.5) is 0 Å². The number of hydrogen-bond acceptors (Lipinski definition) is 6. The Morgan fingerprint density at radius 3 is 2.90 bits per heavy atom. The number of ether oxygens (including phenoxy) is 1. The van der Waals surface area contributed by atoms with Crippen LogP contribution in [0.25, 0.3) is 20.8 Å². The van der Waals surface area contributed by atoms with Crippen LogP contribution in [0.1, 0.15) is 18.4 Å². The molecule has 0 spiro atoms. The van der Waals surface area contributed by atoms with E-state index in [1.54, 1.807) is 17.4 Å². The number of phenolic OH excluding ortho intramolecular Hbond substituents is 1. The number of rotatable bonds is 2. The molecule has 3 heterocycles. The van der Waals surface area contributed by atoms with Crippen LogP contribution in [0, 0.1) is 5.92 Å². The third kappa shape index (κ3) is 3.56. The zero-order valence-electron chi connectivity index (χ0n) is 16.1. The first kappa shape index (κ1) is 18.4. The Bertz CT molecular complexity index is 1030. The number of nitrogens with zero attached hydrogens (tertiary/aromatic N) is 2. The molecule has 0 unspecified atom stereocenters. The number of fused-ring (bicyclic) bond motifs is 2. The van der Waals surface area contributed by atoms with Crippen molar-refractivity contribution in [2.24, 2.45) is 5.92 Å². The maximum absolute atomic E-state index is 13.0. The summed E-state index contributed by atoms with van der Waals surface area (Å²) in [7, 11) is 0. The summed E-state index contributed by atoms with van der Waals surface area (Å²) in [4.78, 5) is 19.6. The number of carbonyl (C=O) groups excluding carboxylic acids is 1. The SMILES string of the molecule is O=C(C1CCNCC1)N1CCOc2c(O)cc(-c3nc4ccccc4s3)cc2C1. The van der Waals surface area contributed by atoms with E-state index in [-0.39, 0.29) is 17.6 Å². The van der Waals surface area contributed by atoms with Gasteiger partial charge in [0, 0.05) is 23.6 Å². The minimum absolute atomic E-state index is 0.0684. The van der Waals surface area contributed by atoms with E-state index >= 15 is 0 Å². The number of aromatic nitrogens is 1. The number of benzene rings is 2. The lowest BCUT2D eigenvalue weighted by Gasteiger charge is -2.28. The summed E-state index contributed by atoms with van der Waals surface area (Å²) in [5.41, 5.74) is 2.63. The molecular weight excluding hydrogens is 386 g/mol. The Morgan fingerprint density at radius 2 is 2.07 bits per heavy atom. The zero-order chi connectivity index (χ0) is 19.8.